The first-order valence-electron chi connectivity index (χ1n) is 13.5. The lowest BCUT2D eigenvalue weighted by atomic mass is 9.99. The number of methoxy groups -OCH3 is 1. The zero-order chi connectivity index (χ0) is 32.9. The fourth-order valence-corrected chi connectivity index (χ4v) is 5.36. The van der Waals surface area contributed by atoms with Gasteiger partial charge in [-0.05, 0) is 74.4 Å². The van der Waals surface area contributed by atoms with Gasteiger partial charge in [0.2, 0.25) is 0 Å². The topological polar surface area (TPSA) is 89.9 Å². The molecule has 1 fully saturated rings. The first-order valence-corrected chi connectivity index (χ1v) is 13.5. The molecule has 238 valence electrons. The van der Waals surface area contributed by atoms with Crippen LogP contribution in [0.15, 0.2) is 86.9 Å². The highest BCUT2D eigenvalue weighted by Crippen LogP contribution is 2.43. The van der Waals surface area contributed by atoms with Gasteiger partial charge < -0.3 is 14.2 Å². The Morgan fingerprint density at radius 3 is 1.93 bits per heavy atom. The Morgan fingerprint density at radius 2 is 1.38 bits per heavy atom. The standard InChI is InChI=1S/C30H26F6N4O5/c1-28(2)24(40-26(42)39(27(43)45-40)22-9-5-7-20(17-22)30(34,35)36)38(21-8-4-6-19(16-21)29(31,32)33)25(41)37(28)15-14-18-10-12-23(44-3)13-11-18/h4-13,16-17,24H,14-15H2,1-3H3/t24-/m1/s1. The van der Waals surface area contributed by atoms with Gasteiger partial charge in [-0.25, -0.2) is 14.4 Å². The number of anilines is 1. The van der Waals surface area contributed by atoms with Crippen molar-refractivity contribution in [3.63, 3.8) is 0 Å². The number of carbonyl (C=O) groups excluding carboxylic acids is 1. The van der Waals surface area contributed by atoms with Crippen molar-refractivity contribution in [2.75, 3.05) is 18.6 Å². The van der Waals surface area contributed by atoms with E-state index < -0.39 is 58.3 Å². The molecular weight excluding hydrogens is 610 g/mol. The number of benzene rings is 3. The van der Waals surface area contributed by atoms with Crippen molar-refractivity contribution in [3.8, 4) is 11.4 Å². The second kappa shape index (κ2) is 11.2. The lowest BCUT2D eigenvalue weighted by Gasteiger charge is -2.34. The number of ether oxygens (including phenoxy) is 1. The molecule has 5 rings (SSSR count). The summed E-state index contributed by atoms with van der Waals surface area (Å²) >= 11 is 0. The number of rotatable bonds is 7. The molecule has 1 aliphatic heterocycles. The number of urea groups is 1. The number of hydrogen-bond acceptors (Lipinski definition) is 5. The minimum Gasteiger partial charge on any atom is -0.497 e. The van der Waals surface area contributed by atoms with Crippen LogP contribution in [0.5, 0.6) is 5.75 Å². The van der Waals surface area contributed by atoms with E-state index in [1.807, 2.05) is 0 Å². The summed E-state index contributed by atoms with van der Waals surface area (Å²) in [4.78, 5) is 42.9. The molecule has 1 aromatic heterocycles. The third-order valence-electron chi connectivity index (χ3n) is 7.64. The lowest BCUT2D eigenvalue weighted by molar-refractivity contribution is -0.138. The SMILES string of the molecule is COc1ccc(CCN2C(=O)N(c3cccc(C(F)(F)F)c3)[C@H](n3oc(=O)n(-c4cccc(C(F)(F)F)c4)c3=O)C2(C)C)cc1. The van der Waals surface area contributed by atoms with Gasteiger partial charge in [-0.2, -0.15) is 30.9 Å². The number of halogens is 6. The van der Waals surface area contributed by atoms with Crippen LogP contribution in [0.3, 0.4) is 0 Å². The Labute approximate surface area is 251 Å². The minimum absolute atomic E-state index is 0.0391. The number of nitrogens with zero attached hydrogens (tertiary/aromatic N) is 4. The zero-order valence-corrected chi connectivity index (χ0v) is 24.0. The molecule has 0 spiro atoms. The van der Waals surface area contributed by atoms with Gasteiger partial charge in [-0.3, -0.25) is 4.90 Å². The van der Waals surface area contributed by atoms with Crippen LogP contribution in [0.1, 0.15) is 36.7 Å². The molecule has 1 atom stereocenters. The third-order valence-corrected chi connectivity index (χ3v) is 7.64. The highest BCUT2D eigenvalue weighted by molar-refractivity contribution is 5.95. The Balaban J connectivity index is 1.63. The number of hydrogen-bond donors (Lipinski definition) is 0. The number of carbonyl (C=O) groups is 1. The molecule has 0 bridgehead atoms. The molecule has 0 unspecified atom stereocenters. The van der Waals surface area contributed by atoms with Gasteiger partial charge in [0.05, 0.1) is 29.5 Å². The zero-order valence-electron chi connectivity index (χ0n) is 24.0. The predicted octanol–water partition coefficient (Wildman–Crippen LogP) is 6.10. The number of amides is 2. The van der Waals surface area contributed by atoms with Gasteiger partial charge in [-0.1, -0.05) is 24.3 Å². The normalized spacial score (nSPS) is 16.8. The van der Waals surface area contributed by atoms with E-state index in [9.17, 15) is 40.7 Å². The Bertz CT molecular complexity index is 1840. The van der Waals surface area contributed by atoms with Gasteiger partial charge in [0.1, 0.15) is 5.75 Å². The van der Waals surface area contributed by atoms with Crippen LogP contribution in [0.2, 0.25) is 0 Å². The second-order valence-corrected chi connectivity index (χ2v) is 10.8. The molecule has 9 nitrogen and oxygen atoms in total. The smallest absolute Gasteiger partial charge is 0.447 e. The maximum atomic E-state index is 14.0. The van der Waals surface area contributed by atoms with Crippen molar-refractivity contribution in [1.29, 1.82) is 0 Å². The van der Waals surface area contributed by atoms with Crippen molar-refractivity contribution >= 4 is 11.7 Å². The summed E-state index contributed by atoms with van der Waals surface area (Å²) in [5.41, 5.74) is -4.75. The van der Waals surface area contributed by atoms with Crippen LogP contribution >= 0.6 is 0 Å². The van der Waals surface area contributed by atoms with Crippen LogP contribution in [0, 0.1) is 0 Å². The van der Waals surface area contributed by atoms with Crippen LogP contribution in [-0.4, -0.2) is 39.4 Å². The molecule has 0 N–H and O–H groups in total. The monoisotopic (exact) mass is 636 g/mol. The second-order valence-electron chi connectivity index (χ2n) is 10.8. The first-order chi connectivity index (χ1) is 21.0. The quantitative estimate of drug-likeness (QED) is 0.229. The molecule has 3 aromatic carbocycles. The summed E-state index contributed by atoms with van der Waals surface area (Å²) in [5, 5.41) is 0. The van der Waals surface area contributed by atoms with Crippen molar-refractivity contribution < 1.29 is 40.4 Å². The summed E-state index contributed by atoms with van der Waals surface area (Å²) in [6.45, 7) is 3.11. The van der Waals surface area contributed by atoms with Crippen LogP contribution in [-0.2, 0) is 18.8 Å². The molecule has 4 aromatic rings. The van der Waals surface area contributed by atoms with E-state index >= 15 is 0 Å². The van der Waals surface area contributed by atoms with Gasteiger partial charge >= 0.3 is 29.8 Å². The van der Waals surface area contributed by atoms with Gasteiger partial charge in [0, 0.05) is 12.2 Å². The average molecular weight is 637 g/mol. The molecule has 2 heterocycles. The number of alkyl halides is 6. The molecule has 2 amide bonds. The highest BCUT2D eigenvalue weighted by atomic mass is 19.4. The van der Waals surface area contributed by atoms with Crippen LogP contribution in [0.25, 0.3) is 5.69 Å². The van der Waals surface area contributed by atoms with E-state index in [0.29, 0.717) is 27.5 Å². The van der Waals surface area contributed by atoms with Crippen molar-refractivity contribution in [2.24, 2.45) is 0 Å². The Hall–Kier alpha value is -4.95. The van der Waals surface area contributed by atoms with Gasteiger partial charge in [0.15, 0.2) is 6.17 Å². The molecule has 1 saturated heterocycles. The molecule has 15 heteroatoms. The van der Waals surface area contributed by atoms with Crippen molar-refractivity contribution in [2.45, 2.75) is 44.3 Å². The summed E-state index contributed by atoms with van der Waals surface area (Å²) in [6, 6.07) is 13.5. The van der Waals surface area contributed by atoms with Crippen LogP contribution in [0.4, 0.5) is 36.8 Å². The maximum absolute atomic E-state index is 14.0. The predicted molar refractivity (Wildman–Crippen MR) is 149 cm³/mol. The molecule has 0 aliphatic carbocycles. The van der Waals surface area contributed by atoms with E-state index in [-0.39, 0.29) is 12.2 Å². The number of aromatic nitrogens is 2. The molecular formula is C30H26F6N4O5. The fraction of sp³-hybridized carbons (Fsp3) is 0.300. The van der Waals surface area contributed by atoms with E-state index in [1.165, 1.54) is 31.9 Å². The summed E-state index contributed by atoms with van der Waals surface area (Å²) < 4.78 is 92.4. The fourth-order valence-electron chi connectivity index (χ4n) is 5.36. The van der Waals surface area contributed by atoms with Crippen molar-refractivity contribution in [3.05, 3.63) is 111 Å². The molecule has 0 saturated carbocycles. The maximum Gasteiger partial charge on any atom is 0.447 e. The first kappa shape index (κ1) is 31.5. The summed E-state index contributed by atoms with van der Waals surface area (Å²) in [5.74, 6) is -0.755. The van der Waals surface area contributed by atoms with E-state index in [0.717, 1.165) is 46.9 Å². The summed E-state index contributed by atoms with van der Waals surface area (Å²) in [6.07, 6.45) is -10.8. The lowest BCUT2D eigenvalue weighted by Crippen LogP contribution is -2.47. The molecule has 0 radical (unpaired) electrons. The Kier molecular flexibility index (Phi) is 7.83. The summed E-state index contributed by atoms with van der Waals surface area (Å²) in [7, 11) is 1.50. The van der Waals surface area contributed by atoms with Gasteiger partial charge in [0.25, 0.3) is 0 Å². The largest absolute Gasteiger partial charge is 0.497 e. The molecule has 1 aliphatic rings. The van der Waals surface area contributed by atoms with E-state index in [2.05, 4.69) is 0 Å². The molecule has 45 heavy (non-hydrogen) atoms. The van der Waals surface area contributed by atoms with Crippen LogP contribution < -0.4 is 21.1 Å². The highest BCUT2D eigenvalue weighted by Gasteiger charge is 2.55. The van der Waals surface area contributed by atoms with Gasteiger partial charge in [-0.15, -0.1) is 4.74 Å². The Morgan fingerprint density at radius 1 is 0.822 bits per heavy atom. The third kappa shape index (κ3) is 5.81. The average Bonchev–Trinajstić information content (AvgIpc) is 3.37. The van der Waals surface area contributed by atoms with Crippen molar-refractivity contribution in [1.82, 2.24) is 14.2 Å². The van der Waals surface area contributed by atoms with E-state index in [1.54, 1.807) is 24.3 Å². The van der Waals surface area contributed by atoms with E-state index in [4.69, 9.17) is 9.26 Å². The minimum atomic E-state index is -4.78.